The molecule has 252 valence electrons. The number of para-hydroxylation sites is 2. The number of unbranched alkanes of at least 4 members (excludes halogenated alkanes) is 6. The number of benzene rings is 5. The van der Waals surface area contributed by atoms with E-state index in [0.717, 1.165) is 22.4 Å². The highest BCUT2D eigenvalue weighted by atomic mass is 15.2. The van der Waals surface area contributed by atoms with Crippen LogP contribution in [0.2, 0.25) is 0 Å². The zero-order chi connectivity index (χ0) is 34.2. The Kier molecular flexibility index (Phi) is 10.4. The molecule has 0 spiro atoms. The molecule has 50 heavy (non-hydrogen) atoms. The van der Waals surface area contributed by atoms with Gasteiger partial charge in [0.05, 0.1) is 11.4 Å². The Hall–Kier alpha value is -5.09. The number of fused-ring (bicyclic) bond motifs is 2. The van der Waals surface area contributed by atoms with E-state index in [-0.39, 0.29) is 5.41 Å². The monoisotopic (exact) mass is 656 g/mol. The van der Waals surface area contributed by atoms with Crippen molar-refractivity contribution in [2.45, 2.75) is 83.5 Å². The Morgan fingerprint density at radius 3 is 1.26 bits per heavy atom. The van der Waals surface area contributed by atoms with Gasteiger partial charge in [-0.2, -0.15) is 0 Å². The summed E-state index contributed by atoms with van der Waals surface area (Å²) in [6.07, 6.45) is 12.6. The first-order chi connectivity index (χ1) is 24.7. The van der Waals surface area contributed by atoms with Crippen LogP contribution in [0.3, 0.4) is 0 Å². The molecule has 4 nitrogen and oxygen atoms in total. The number of nitrogens with zero attached hydrogens (tertiary/aromatic N) is 4. The standard InChI is InChI=1S/C46H48N4/c1-3-5-7-19-33-46(34-20-8-6-4-2)39-25-15-17-27-41(39)50(42-28-18-16-26-40(42)46)38-31-29-37(30-32-38)45-48-43(35-21-11-9-12-22-35)47-44(49-45)36-23-13-10-14-24-36/h9-18,21-32H,3-8,19-20,33-34H2,1-2H3. The fraction of sp³-hybridized carbons (Fsp3) is 0.283. The van der Waals surface area contributed by atoms with E-state index >= 15 is 0 Å². The van der Waals surface area contributed by atoms with Gasteiger partial charge in [-0.15, -0.1) is 0 Å². The summed E-state index contributed by atoms with van der Waals surface area (Å²) in [5.41, 5.74) is 9.58. The van der Waals surface area contributed by atoms with Gasteiger partial charge >= 0.3 is 0 Å². The Morgan fingerprint density at radius 2 is 0.820 bits per heavy atom. The van der Waals surface area contributed by atoms with Gasteiger partial charge in [0.25, 0.3) is 0 Å². The first kappa shape index (κ1) is 33.4. The highest BCUT2D eigenvalue weighted by Crippen LogP contribution is 2.56. The average Bonchev–Trinajstić information content (AvgIpc) is 3.19. The molecule has 0 fully saturated rings. The minimum Gasteiger partial charge on any atom is -0.310 e. The average molecular weight is 657 g/mol. The summed E-state index contributed by atoms with van der Waals surface area (Å²) in [4.78, 5) is 17.3. The zero-order valence-corrected chi connectivity index (χ0v) is 29.6. The van der Waals surface area contributed by atoms with Crippen molar-refractivity contribution in [3.05, 3.63) is 145 Å². The van der Waals surface area contributed by atoms with Crippen LogP contribution >= 0.6 is 0 Å². The zero-order valence-electron chi connectivity index (χ0n) is 29.6. The minimum absolute atomic E-state index is 0.0116. The summed E-state index contributed by atoms with van der Waals surface area (Å²) >= 11 is 0. The second-order valence-electron chi connectivity index (χ2n) is 13.7. The summed E-state index contributed by atoms with van der Waals surface area (Å²) in [6, 6.07) is 47.5. The van der Waals surface area contributed by atoms with E-state index in [2.05, 4.69) is 116 Å². The van der Waals surface area contributed by atoms with Gasteiger partial charge in [-0.3, -0.25) is 0 Å². The number of hydrogen-bond donors (Lipinski definition) is 0. The predicted molar refractivity (Wildman–Crippen MR) is 209 cm³/mol. The summed E-state index contributed by atoms with van der Waals surface area (Å²) in [5.74, 6) is 2.01. The van der Waals surface area contributed by atoms with Crippen LogP contribution in [0, 0.1) is 0 Å². The Labute approximate surface area is 298 Å². The molecule has 1 aliphatic rings. The highest BCUT2D eigenvalue weighted by Gasteiger charge is 2.42. The van der Waals surface area contributed by atoms with E-state index in [9.17, 15) is 0 Å². The molecule has 1 aliphatic heterocycles. The third kappa shape index (κ3) is 6.85. The molecule has 0 radical (unpaired) electrons. The fourth-order valence-electron chi connectivity index (χ4n) is 7.77. The van der Waals surface area contributed by atoms with Gasteiger partial charge < -0.3 is 4.90 Å². The van der Waals surface area contributed by atoms with Crippen LogP contribution in [0.15, 0.2) is 133 Å². The van der Waals surface area contributed by atoms with Gasteiger partial charge in [-0.1, -0.05) is 162 Å². The van der Waals surface area contributed by atoms with Crippen molar-refractivity contribution in [1.29, 1.82) is 0 Å². The molecule has 6 aromatic rings. The summed E-state index contributed by atoms with van der Waals surface area (Å²) < 4.78 is 0. The lowest BCUT2D eigenvalue weighted by molar-refractivity contribution is 0.391. The lowest BCUT2D eigenvalue weighted by atomic mass is 9.65. The lowest BCUT2D eigenvalue weighted by Crippen LogP contribution is -2.35. The van der Waals surface area contributed by atoms with Crippen LogP contribution in [0.4, 0.5) is 17.1 Å². The van der Waals surface area contributed by atoms with E-state index in [1.807, 2.05) is 36.4 Å². The van der Waals surface area contributed by atoms with Gasteiger partial charge in [0.15, 0.2) is 17.5 Å². The molecule has 2 heterocycles. The van der Waals surface area contributed by atoms with Crippen LogP contribution in [0.5, 0.6) is 0 Å². The molecular weight excluding hydrogens is 609 g/mol. The Bertz CT molecular complexity index is 1870. The number of aromatic nitrogens is 3. The van der Waals surface area contributed by atoms with E-state index < -0.39 is 0 Å². The minimum atomic E-state index is 0.0116. The number of anilines is 3. The van der Waals surface area contributed by atoms with Crippen LogP contribution < -0.4 is 4.90 Å². The van der Waals surface area contributed by atoms with Crippen molar-refractivity contribution in [2.75, 3.05) is 4.90 Å². The van der Waals surface area contributed by atoms with Crippen molar-refractivity contribution in [1.82, 2.24) is 15.0 Å². The first-order valence-corrected chi connectivity index (χ1v) is 18.7. The molecule has 0 N–H and O–H groups in total. The number of hydrogen-bond acceptors (Lipinski definition) is 4. The normalized spacial score (nSPS) is 13.1. The second-order valence-corrected chi connectivity index (χ2v) is 13.7. The van der Waals surface area contributed by atoms with Crippen LogP contribution in [0.25, 0.3) is 34.2 Å². The molecule has 0 saturated heterocycles. The predicted octanol–water partition coefficient (Wildman–Crippen LogP) is 12.9. The molecule has 7 rings (SSSR count). The van der Waals surface area contributed by atoms with Crippen molar-refractivity contribution in [2.24, 2.45) is 0 Å². The molecule has 0 aliphatic carbocycles. The number of rotatable bonds is 14. The Morgan fingerprint density at radius 1 is 0.420 bits per heavy atom. The smallest absolute Gasteiger partial charge is 0.164 e. The highest BCUT2D eigenvalue weighted by molar-refractivity contribution is 5.86. The summed E-state index contributed by atoms with van der Waals surface area (Å²) in [7, 11) is 0. The summed E-state index contributed by atoms with van der Waals surface area (Å²) in [6.45, 7) is 4.61. The van der Waals surface area contributed by atoms with Crippen molar-refractivity contribution >= 4 is 17.1 Å². The molecular formula is C46H48N4. The maximum absolute atomic E-state index is 4.98. The van der Waals surface area contributed by atoms with Gasteiger partial charge in [-0.05, 0) is 60.4 Å². The van der Waals surface area contributed by atoms with Gasteiger partial charge in [-0.25, -0.2) is 15.0 Å². The summed E-state index contributed by atoms with van der Waals surface area (Å²) in [5, 5.41) is 0. The molecule has 0 bridgehead atoms. The van der Waals surface area contributed by atoms with Crippen LogP contribution in [0.1, 0.15) is 89.2 Å². The quantitative estimate of drug-likeness (QED) is 0.109. The lowest BCUT2D eigenvalue weighted by Gasteiger charge is -2.46. The molecule has 4 heteroatoms. The molecule has 0 unspecified atom stereocenters. The second kappa shape index (κ2) is 15.6. The third-order valence-corrected chi connectivity index (χ3v) is 10.3. The first-order valence-electron chi connectivity index (χ1n) is 18.7. The Balaban J connectivity index is 1.29. The van der Waals surface area contributed by atoms with Crippen molar-refractivity contribution < 1.29 is 0 Å². The largest absolute Gasteiger partial charge is 0.310 e. The fourth-order valence-corrected chi connectivity index (χ4v) is 7.77. The molecule has 0 amide bonds. The van der Waals surface area contributed by atoms with Crippen LogP contribution in [-0.4, -0.2) is 15.0 Å². The third-order valence-electron chi connectivity index (χ3n) is 10.3. The maximum Gasteiger partial charge on any atom is 0.164 e. The van der Waals surface area contributed by atoms with E-state index in [0.29, 0.717) is 17.5 Å². The van der Waals surface area contributed by atoms with Gasteiger partial charge in [0, 0.05) is 27.8 Å². The molecule has 5 aromatic carbocycles. The van der Waals surface area contributed by atoms with Crippen molar-refractivity contribution in [3.8, 4) is 34.2 Å². The van der Waals surface area contributed by atoms with E-state index in [4.69, 9.17) is 15.0 Å². The molecule has 0 atom stereocenters. The van der Waals surface area contributed by atoms with Crippen molar-refractivity contribution in [3.63, 3.8) is 0 Å². The van der Waals surface area contributed by atoms with E-state index in [1.165, 1.54) is 86.7 Å². The van der Waals surface area contributed by atoms with E-state index in [1.54, 1.807) is 0 Å². The topological polar surface area (TPSA) is 41.9 Å². The molecule has 0 saturated carbocycles. The SMILES string of the molecule is CCCCCCC1(CCCCCC)c2ccccc2N(c2ccc(-c3nc(-c4ccccc4)nc(-c4ccccc4)n3)cc2)c2ccccc21. The maximum atomic E-state index is 4.98. The van der Waals surface area contributed by atoms with Gasteiger partial charge in [0.1, 0.15) is 0 Å². The van der Waals surface area contributed by atoms with Crippen LogP contribution in [-0.2, 0) is 5.41 Å². The van der Waals surface area contributed by atoms with Gasteiger partial charge in [0.2, 0.25) is 0 Å². The molecule has 1 aromatic heterocycles.